The van der Waals surface area contributed by atoms with Gasteiger partial charge in [0.2, 0.25) is 0 Å². The zero-order valence-corrected chi connectivity index (χ0v) is 21.1. The molecule has 0 unspecified atom stereocenters. The smallest absolute Gasteiger partial charge is 0.173 e. The minimum Gasteiger partial charge on any atom is -0.495 e. The van der Waals surface area contributed by atoms with Crippen molar-refractivity contribution in [2.45, 2.75) is 30.2 Å². The Morgan fingerprint density at radius 2 is 1.65 bits per heavy atom. The molecule has 0 amide bonds. The number of hydrogen-bond acceptors (Lipinski definition) is 3. The lowest BCUT2D eigenvalue weighted by Gasteiger charge is -2.28. The number of benzene rings is 3. The molecule has 0 fully saturated rings. The summed E-state index contributed by atoms with van der Waals surface area (Å²) in [7, 11) is 1.58. The van der Waals surface area contributed by atoms with E-state index < -0.39 is 5.41 Å². The molecule has 0 atom stereocenters. The first-order valence-electron chi connectivity index (χ1n) is 10.5. The van der Waals surface area contributed by atoms with Gasteiger partial charge in [0.15, 0.2) is 5.16 Å². The number of halogens is 4. The molecule has 0 aliphatic carbocycles. The molecule has 0 aliphatic rings. The largest absolute Gasteiger partial charge is 0.495 e. The number of thioether (sulfide) groups is 1. The summed E-state index contributed by atoms with van der Waals surface area (Å²) in [5.41, 5.74) is 2.94. The summed E-state index contributed by atoms with van der Waals surface area (Å²) in [6, 6.07) is 16.3. The summed E-state index contributed by atoms with van der Waals surface area (Å²) in [4.78, 5) is 4.68. The summed E-state index contributed by atoms with van der Waals surface area (Å²) < 4.78 is 34.4. The second-order valence-electron chi connectivity index (χ2n) is 8.24. The van der Waals surface area contributed by atoms with Gasteiger partial charge in [0.05, 0.1) is 24.0 Å². The van der Waals surface area contributed by atoms with Crippen LogP contribution in [0.2, 0.25) is 10.0 Å². The maximum atomic E-state index is 13.7. The van der Waals surface area contributed by atoms with E-state index in [0.29, 0.717) is 26.7 Å². The van der Waals surface area contributed by atoms with Gasteiger partial charge in [-0.25, -0.2) is 13.8 Å². The van der Waals surface area contributed by atoms with Gasteiger partial charge in [-0.3, -0.25) is 4.57 Å². The maximum absolute atomic E-state index is 13.7. The predicted octanol–water partition coefficient (Wildman–Crippen LogP) is 8.08. The average molecular weight is 519 g/mol. The number of rotatable bonds is 7. The van der Waals surface area contributed by atoms with Crippen LogP contribution in [-0.2, 0) is 11.2 Å². The minimum absolute atomic E-state index is 0.320. The van der Waals surface area contributed by atoms with E-state index in [1.807, 2.05) is 29.0 Å². The van der Waals surface area contributed by atoms with Crippen LogP contribution in [0.5, 0.6) is 5.75 Å². The number of methoxy groups -OCH3 is 1. The fraction of sp³-hybridized carbons (Fsp3) is 0.192. The number of aromatic nitrogens is 2. The molecule has 34 heavy (non-hydrogen) atoms. The monoisotopic (exact) mass is 518 g/mol. The van der Waals surface area contributed by atoms with Gasteiger partial charge in [0.1, 0.15) is 17.4 Å². The predicted molar refractivity (Wildman–Crippen MR) is 135 cm³/mol. The lowest BCUT2D eigenvalue weighted by molar-refractivity contribution is 0.414. The van der Waals surface area contributed by atoms with Crippen LogP contribution < -0.4 is 4.74 Å². The Kier molecular flexibility index (Phi) is 7.22. The quantitative estimate of drug-likeness (QED) is 0.231. The molecule has 4 rings (SSSR count). The van der Waals surface area contributed by atoms with Gasteiger partial charge in [-0.05, 0) is 59.7 Å². The molecule has 0 saturated carbocycles. The van der Waals surface area contributed by atoms with E-state index in [4.69, 9.17) is 27.9 Å². The molecule has 1 heterocycles. The van der Waals surface area contributed by atoms with Gasteiger partial charge in [0.25, 0.3) is 0 Å². The molecule has 0 spiro atoms. The lowest BCUT2D eigenvalue weighted by Crippen LogP contribution is -2.23. The summed E-state index contributed by atoms with van der Waals surface area (Å²) in [6.07, 6.45) is 1.82. The number of ether oxygens (including phenoxy) is 1. The molecule has 4 aromatic rings. The van der Waals surface area contributed by atoms with Gasteiger partial charge in [-0.1, -0.05) is 60.9 Å². The first-order chi connectivity index (χ1) is 16.2. The van der Waals surface area contributed by atoms with E-state index in [1.54, 1.807) is 25.3 Å². The molecule has 3 nitrogen and oxygen atoms in total. The summed E-state index contributed by atoms with van der Waals surface area (Å²) in [5, 5.41) is 1.58. The summed E-state index contributed by atoms with van der Waals surface area (Å²) in [6.45, 7) is 4.15. The van der Waals surface area contributed by atoms with E-state index >= 15 is 0 Å². The zero-order valence-electron chi connectivity index (χ0n) is 18.8. The first kappa shape index (κ1) is 24.6. The van der Waals surface area contributed by atoms with Crippen LogP contribution in [0.4, 0.5) is 8.78 Å². The highest BCUT2D eigenvalue weighted by molar-refractivity contribution is 7.98. The van der Waals surface area contributed by atoms with Crippen molar-refractivity contribution in [2.75, 3.05) is 7.11 Å². The SMILES string of the molecule is COc1ccc(C(C)(C)c2cnc(SCc3ccc(F)cc3Cl)n2-c2ccc(F)cc2)cc1Cl. The van der Waals surface area contributed by atoms with Crippen molar-refractivity contribution in [3.63, 3.8) is 0 Å². The van der Waals surface area contributed by atoms with Crippen molar-refractivity contribution >= 4 is 35.0 Å². The van der Waals surface area contributed by atoms with Crippen molar-refractivity contribution < 1.29 is 13.5 Å². The molecule has 0 bridgehead atoms. The molecule has 0 radical (unpaired) electrons. The zero-order chi connectivity index (χ0) is 24.5. The van der Waals surface area contributed by atoms with Crippen LogP contribution in [0.25, 0.3) is 5.69 Å². The van der Waals surface area contributed by atoms with Crippen molar-refractivity contribution in [3.8, 4) is 11.4 Å². The van der Waals surface area contributed by atoms with Crippen LogP contribution in [-0.4, -0.2) is 16.7 Å². The molecule has 1 aromatic heterocycles. The molecule has 0 aliphatic heterocycles. The Bertz CT molecular complexity index is 1320. The fourth-order valence-corrected chi connectivity index (χ4v) is 5.27. The second kappa shape index (κ2) is 9.98. The van der Waals surface area contributed by atoms with Crippen molar-refractivity contribution in [1.29, 1.82) is 0 Å². The van der Waals surface area contributed by atoms with Gasteiger partial charge >= 0.3 is 0 Å². The third-order valence-electron chi connectivity index (χ3n) is 5.70. The van der Waals surface area contributed by atoms with Crippen LogP contribution in [0.3, 0.4) is 0 Å². The minimum atomic E-state index is -0.496. The molecule has 176 valence electrons. The third kappa shape index (κ3) is 4.95. The van der Waals surface area contributed by atoms with Gasteiger partial charge in [-0.2, -0.15) is 0 Å². The Morgan fingerprint density at radius 3 is 2.29 bits per heavy atom. The van der Waals surface area contributed by atoms with Crippen molar-refractivity contribution in [1.82, 2.24) is 9.55 Å². The standard InChI is InChI=1S/C26H22Cl2F2N2OS/c1-26(2,17-5-11-23(33-3)22(28)12-17)24-14-31-25(32(24)20-9-7-18(29)8-10-20)34-15-16-4-6-19(30)13-21(16)27/h4-14H,15H2,1-3H3. The average Bonchev–Trinajstić information content (AvgIpc) is 3.24. The molecular weight excluding hydrogens is 497 g/mol. The van der Waals surface area contributed by atoms with E-state index in [2.05, 4.69) is 18.8 Å². The molecule has 0 N–H and O–H groups in total. The van der Waals surface area contributed by atoms with Crippen molar-refractivity contribution in [2.24, 2.45) is 0 Å². The number of nitrogens with zero attached hydrogens (tertiary/aromatic N) is 2. The Morgan fingerprint density at radius 1 is 0.941 bits per heavy atom. The maximum Gasteiger partial charge on any atom is 0.173 e. The van der Waals surface area contributed by atoms with Crippen LogP contribution >= 0.6 is 35.0 Å². The highest BCUT2D eigenvalue weighted by Gasteiger charge is 2.30. The van der Waals surface area contributed by atoms with Gasteiger partial charge < -0.3 is 4.74 Å². The van der Waals surface area contributed by atoms with Crippen LogP contribution in [0, 0.1) is 11.6 Å². The second-order valence-corrected chi connectivity index (χ2v) is 9.99. The number of hydrogen-bond donors (Lipinski definition) is 0. The topological polar surface area (TPSA) is 27.1 Å². The van der Waals surface area contributed by atoms with Gasteiger partial charge in [-0.15, -0.1) is 0 Å². The fourth-order valence-electron chi connectivity index (χ4n) is 3.70. The number of imidazole rings is 1. The Balaban J connectivity index is 1.77. The van der Waals surface area contributed by atoms with Crippen LogP contribution in [0.1, 0.15) is 30.7 Å². The highest BCUT2D eigenvalue weighted by atomic mass is 35.5. The van der Waals surface area contributed by atoms with E-state index in [0.717, 1.165) is 22.5 Å². The molecule has 8 heteroatoms. The van der Waals surface area contributed by atoms with Crippen molar-refractivity contribution in [3.05, 3.63) is 105 Å². The van der Waals surface area contributed by atoms with Crippen LogP contribution in [0.15, 0.2) is 72.0 Å². The summed E-state index contributed by atoms with van der Waals surface area (Å²) >= 11 is 14.1. The lowest BCUT2D eigenvalue weighted by atomic mass is 9.81. The molecule has 0 saturated heterocycles. The molecular formula is C26H22Cl2F2N2OS. The Hall–Kier alpha value is -2.54. The normalized spacial score (nSPS) is 11.6. The van der Waals surface area contributed by atoms with Gasteiger partial charge in [0, 0.05) is 21.9 Å². The molecule has 3 aromatic carbocycles. The van der Waals surface area contributed by atoms with E-state index in [-0.39, 0.29) is 11.6 Å². The highest BCUT2D eigenvalue weighted by Crippen LogP contribution is 2.39. The first-order valence-corrected chi connectivity index (χ1v) is 12.2. The van der Waals surface area contributed by atoms with E-state index in [9.17, 15) is 8.78 Å². The van der Waals surface area contributed by atoms with E-state index in [1.165, 1.54) is 36.0 Å². The Labute approximate surface area is 211 Å². The third-order valence-corrected chi connectivity index (χ3v) is 7.35. The summed E-state index contributed by atoms with van der Waals surface area (Å²) in [5.74, 6) is 0.388.